The lowest BCUT2D eigenvalue weighted by Crippen LogP contribution is -2.61. The Kier molecular flexibility index (Phi) is 5.77. The highest BCUT2D eigenvalue weighted by Crippen LogP contribution is 2.40. The summed E-state index contributed by atoms with van der Waals surface area (Å²) >= 11 is 2.07. The van der Waals surface area contributed by atoms with Crippen LogP contribution in [0.1, 0.15) is 27.2 Å². The number of likely N-dealkylation sites (N-methyl/N-ethyl adjacent to an activating group) is 2. The third-order valence-electron chi connectivity index (χ3n) is 4.09. The van der Waals surface area contributed by atoms with Gasteiger partial charge in [0.25, 0.3) is 0 Å². The molecular weight excluding hydrogens is 230 g/mol. The summed E-state index contributed by atoms with van der Waals surface area (Å²) in [5.74, 6) is 1.25. The number of nitrogens with two attached hydrogens (primary N) is 1. The van der Waals surface area contributed by atoms with Crippen LogP contribution in [0.15, 0.2) is 0 Å². The van der Waals surface area contributed by atoms with Gasteiger partial charge in [-0.05, 0) is 39.7 Å². The quantitative estimate of drug-likeness (QED) is 0.783. The van der Waals surface area contributed by atoms with Crippen molar-refractivity contribution in [2.75, 3.05) is 39.5 Å². The van der Waals surface area contributed by atoms with Crippen molar-refractivity contribution in [3.05, 3.63) is 0 Å². The van der Waals surface area contributed by atoms with Gasteiger partial charge in [0.1, 0.15) is 0 Å². The van der Waals surface area contributed by atoms with E-state index >= 15 is 0 Å². The molecule has 1 aliphatic heterocycles. The van der Waals surface area contributed by atoms with Crippen LogP contribution in [0.5, 0.6) is 0 Å². The zero-order chi connectivity index (χ0) is 13.1. The van der Waals surface area contributed by atoms with Crippen molar-refractivity contribution in [1.29, 1.82) is 0 Å². The first-order chi connectivity index (χ1) is 7.97. The summed E-state index contributed by atoms with van der Waals surface area (Å²) < 4.78 is 0. The average molecular weight is 259 g/mol. The van der Waals surface area contributed by atoms with Crippen LogP contribution in [-0.4, -0.2) is 66.1 Å². The van der Waals surface area contributed by atoms with Gasteiger partial charge < -0.3 is 10.6 Å². The molecule has 3 unspecified atom stereocenters. The molecule has 17 heavy (non-hydrogen) atoms. The molecule has 1 fully saturated rings. The highest BCUT2D eigenvalue weighted by Gasteiger charge is 2.45. The van der Waals surface area contributed by atoms with Gasteiger partial charge in [-0.3, -0.25) is 4.90 Å². The summed E-state index contributed by atoms with van der Waals surface area (Å²) in [6, 6.07) is 0.569. The van der Waals surface area contributed by atoms with E-state index in [1.54, 1.807) is 0 Å². The molecule has 0 aromatic rings. The van der Waals surface area contributed by atoms with E-state index in [2.05, 4.69) is 56.4 Å². The molecule has 1 rings (SSSR count). The van der Waals surface area contributed by atoms with E-state index in [1.165, 1.54) is 12.2 Å². The maximum atomic E-state index is 6.14. The number of thioether (sulfide) groups is 1. The minimum Gasteiger partial charge on any atom is -0.329 e. The predicted octanol–water partition coefficient (Wildman–Crippen LogP) is 1.48. The molecule has 1 saturated heterocycles. The third-order valence-corrected chi connectivity index (χ3v) is 5.47. The summed E-state index contributed by atoms with van der Waals surface area (Å²) in [6.07, 6.45) is 1.24. The molecule has 0 aromatic carbocycles. The van der Waals surface area contributed by atoms with Crippen LogP contribution < -0.4 is 5.73 Å². The van der Waals surface area contributed by atoms with Gasteiger partial charge in [0.2, 0.25) is 0 Å². The van der Waals surface area contributed by atoms with Gasteiger partial charge in [0.05, 0.1) is 0 Å². The lowest BCUT2D eigenvalue weighted by atomic mass is 9.89. The Morgan fingerprint density at radius 1 is 1.47 bits per heavy atom. The summed E-state index contributed by atoms with van der Waals surface area (Å²) in [4.78, 5) is 4.90. The van der Waals surface area contributed by atoms with Crippen LogP contribution in [-0.2, 0) is 0 Å². The fourth-order valence-electron chi connectivity index (χ4n) is 3.23. The van der Waals surface area contributed by atoms with Crippen LogP contribution in [0, 0.1) is 0 Å². The molecule has 2 N–H and O–H groups in total. The predicted molar refractivity (Wildman–Crippen MR) is 78.7 cm³/mol. The normalized spacial score (nSPS) is 31.4. The molecule has 0 amide bonds. The summed E-state index contributed by atoms with van der Waals surface area (Å²) in [6.45, 7) is 9.92. The van der Waals surface area contributed by atoms with Crippen molar-refractivity contribution >= 4 is 11.8 Å². The molecule has 0 saturated carbocycles. The van der Waals surface area contributed by atoms with Gasteiger partial charge in [0, 0.05) is 29.9 Å². The van der Waals surface area contributed by atoms with E-state index in [1.807, 2.05) is 0 Å². The first-order valence-electron chi connectivity index (χ1n) is 6.71. The summed E-state index contributed by atoms with van der Waals surface area (Å²) in [7, 11) is 4.29. The average Bonchev–Trinajstić information content (AvgIpc) is 2.61. The van der Waals surface area contributed by atoms with Gasteiger partial charge in [-0.1, -0.05) is 13.8 Å². The number of hydrogen-bond donors (Lipinski definition) is 1. The Morgan fingerprint density at radius 3 is 2.47 bits per heavy atom. The molecule has 3 atom stereocenters. The van der Waals surface area contributed by atoms with Crippen LogP contribution in [0.3, 0.4) is 0 Å². The molecule has 0 aliphatic carbocycles. The fraction of sp³-hybridized carbons (Fsp3) is 1.00. The van der Waals surface area contributed by atoms with Gasteiger partial charge >= 0.3 is 0 Å². The van der Waals surface area contributed by atoms with E-state index in [-0.39, 0.29) is 5.54 Å². The van der Waals surface area contributed by atoms with E-state index in [0.29, 0.717) is 11.3 Å². The van der Waals surface area contributed by atoms with E-state index < -0.39 is 0 Å². The molecule has 1 aliphatic rings. The van der Waals surface area contributed by atoms with Gasteiger partial charge in [0.15, 0.2) is 0 Å². The first kappa shape index (κ1) is 15.3. The van der Waals surface area contributed by atoms with Crippen LogP contribution >= 0.6 is 11.8 Å². The summed E-state index contributed by atoms with van der Waals surface area (Å²) in [5, 5.41) is 0.650. The number of hydrogen-bond acceptors (Lipinski definition) is 4. The van der Waals surface area contributed by atoms with E-state index in [9.17, 15) is 0 Å². The Hall–Kier alpha value is 0.230. The van der Waals surface area contributed by atoms with Gasteiger partial charge in [-0.15, -0.1) is 0 Å². The van der Waals surface area contributed by atoms with Crippen molar-refractivity contribution < 1.29 is 0 Å². The Labute approximate surface area is 111 Å². The Bertz CT molecular complexity index is 235. The largest absolute Gasteiger partial charge is 0.329 e. The van der Waals surface area contributed by atoms with Crippen LogP contribution in [0.2, 0.25) is 0 Å². The lowest BCUT2D eigenvalue weighted by Gasteiger charge is -2.46. The molecule has 0 spiro atoms. The minimum atomic E-state index is 0.217. The van der Waals surface area contributed by atoms with E-state index in [0.717, 1.165) is 19.6 Å². The van der Waals surface area contributed by atoms with Crippen LogP contribution in [0.25, 0.3) is 0 Å². The van der Waals surface area contributed by atoms with E-state index in [4.69, 9.17) is 5.73 Å². The molecule has 3 nitrogen and oxygen atoms in total. The topological polar surface area (TPSA) is 32.5 Å². The van der Waals surface area contributed by atoms with Gasteiger partial charge in [-0.2, -0.15) is 11.8 Å². The molecule has 0 aromatic heterocycles. The van der Waals surface area contributed by atoms with Crippen molar-refractivity contribution in [1.82, 2.24) is 9.80 Å². The first-order valence-corrected chi connectivity index (χ1v) is 7.76. The van der Waals surface area contributed by atoms with Crippen molar-refractivity contribution in [3.8, 4) is 0 Å². The third kappa shape index (κ3) is 3.16. The SMILES string of the molecule is CCN(C(C)CN(C)C)C1(CN)CCSC1C. The molecule has 102 valence electrons. The zero-order valence-electron chi connectivity index (χ0n) is 12.1. The van der Waals surface area contributed by atoms with Crippen molar-refractivity contribution in [3.63, 3.8) is 0 Å². The second-order valence-electron chi connectivity index (χ2n) is 5.47. The lowest BCUT2D eigenvalue weighted by molar-refractivity contribution is 0.0515. The Balaban J connectivity index is 2.83. The molecular formula is C13H29N3S. The second kappa shape index (κ2) is 6.41. The van der Waals surface area contributed by atoms with Gasteiger partial charge in [-0.25, -0.2) is 0 Å². The van der Waals surface area contributed by atoms with Crippen molar-refractivity contribution in [2.45, 2.75) is 44.0 Å². The fourth-order valence-corrected chi connectivity index (χ4v) is 4.71. The monoisotopic (exact) mass is 259 g/mol. The standard InChI is InChI=1S/C13H29N3S/c1-6-16(11(2)9-15(4)5)13(10-14)7-8-17-12(13)3/h11-12H,6-10,14H2,1-5H3. The van der Waals surface area contributed by atoms with Crippen molar-refractivity contribution in [2.24, 2.45) is 5.73 Å². The highest BCUT2D eigenvalue weighted by atomic mass is 32.2. The maximum absolute atomic E-state index is 6.14. The van der Waals surface area contributed by atoms with Crippen LogP contribution in [0.4, 0.5) is 0 Å². The molecule has 4 heteroatoms. The number of nitrogens with zero attached hydrogens (tertiary/aromatic N) is 2. The second-order valence-corrected chi connectivity index (χ2v) is 6.92. The minimum absolute atomic E-state index is 0.217. The number of rotatable bonds is 6. The highest BCUT2D eigenvalue weighted by molar-refractivity contribution is 8.00. The zero-order valence-corrected chi connectivity index (χ0v) is 12.9. The molecule has 1 heterocycles. The smallest absolute Gasteiger partial charge is 0.0458 e. The maximum Gasteiger partial charge on any atom is 0.0458 e. The summed E-state index contributed by atoms with van der Waals surface area (Å²) in [5.41, 5.74) is 6.35. The Morgan fingerprint density at radius 2 is 2.12 bits per heavy atom. The molecule has 0 bridgehead atoms. The molecule has 0 radical (unpaired) electrons.